The smallest absolute Gasteiger partial charge is 0.293 e. The van der Waals surface area contributed by atoms with Crippen LogP contribution in [0.4, 0.5) is 0 Å². The Balaban J connectivity index is 1.18. The van der Waals surface area contributed by atoms with Crippen LogP contribution < -0.4 is 5.56 Å². The molecule has 5 rings (SSSR count). The van der Waals surface area contributed by atoms with Gasteiger partial charge in [-0.25, -0.2) is 4.98 Å². The number of aliphatic hydroxyl groups is 1. The quantitative estimate of drug-likeness (QED) is 0.478. The van der Waals surface area contributed by atoms with Crippen LogP contribution in [-0.4, -0.2) is 57.0 Å². The zero-order valence-electron chi connectivity index (χ0n) is 19.5. The molecule has 35 heavy (non-hydrogen) atoms. The molecule has 3 heterocycles. The van der Waals surface area contributed by atoms with Crippen molar-refractivity contribution in [2.24, 2.45) is 0 Å². The standard InChI is InChI=1S/C28H29N3O4/c32-16-24(14-25-26(33)27(34)30-19-29-25)23-10-8-21(9-11-23)3-2-20-4-6-22(7-5-20)15-31-17-28(18-31)12-1-13-35-28/h4-11,19,24,32-33H,1,12-18H2,(H,29,30,34). The minimum absolute atomic E-state index is 0.128. The number of benzene rings is 2. The molecule has 3 aromatic rings. The van der Waals surface area contributed by atoms with Crippen LogP contribution in [0, 0.1) is 11.8 Å². The molecular weight excluding hydrogens is 442 g/mol. The van der Waals surface area contributed by atoms with E-state index in [4.69, 9.17) is 4.74 Å². The third kappa shape index (κ3) is 5.30. The van der Waals surface area contributed by atoms with E-state index in [9.17, 15) is 15.0 Å². The lowest BCUT2D eigenvalue weighted by Crippen LogP contribution is -2.60. The zero-order valence-corrected chi connectivity index (χ0v) is 19.5. The summed E-state index contributed by atoms with van der Waals surface area (Å²) in [5, 5.41) is 19.8. The number of hydrogen-bond donors (Lipinski definition) is 3. The van der Waals surface area contributed by atoms with E-state index in [0.717, 1.165) is 42.9 Å². The van der Waals surface area contributed by atoms with Crippen molar-refractivity contribution in [1.82, 2.24) is 14.9 Å². The number of likely N-dealkylation sites (tertiary alicyclic amines) is 1. The number of hydrogen-bond acceptors (Lipinski definition) is 6. The van der Waals surface area contributed by atoms with E-state index in [0.29, 0.717) is 0 Å². The molecule has 0 amide bonds. The lowest BCUT2D eigenvalue weighted by Gasteiger charge is -2.47. The van der Waals surface area contributed by atoms with Crippen LogP contribution in [0.5, 0.6) is 5.75 Å². The van der Waals surface area contributed by atoms with Crippen molar-refractivity contribution in [3.05, 3.63) is 93.2 Å². The lowest BCUT2D eigenvalue weighted by atomic mass is 9.90. The molecule has 1 spiro atoms. The van der Waals surface area contributed by atoms with Crippen molar-refractivity contribution in [1.29, 1.82) is 0 Å². The molecule has 1 unspecified atom stereocenters. The first-order valence-electron chi connectivity index (χ1n) is 12.0. The van der Waals surface area contributed by atoms with Gasteiger partial charge in [0.1, 0.15) is 0 Å². The van der Waals surface area contributed by atoms with Crippen molar-refractivity contribution in [3.63, 3.8) is 0 Å². The molecule has 2 aromatic carbocycles. The molecule has 0 radical (unpaired) electrons. The number of nitrogens with one attached hydrogen (secondary N) is 1. The average Bonchev–Trinajstić information content (AvgIpc) is 3.35. The van der Waals surface area contributed by atoms with Crippen molar-refractivity contribution < 1.29 is 14.9 Å². The highest BCUT2D eigenvalue weighted by atomic mass is 16.5. The van der Waals surface area contributed by atoms with Crippen LogP contribution in [0.2, 0.25) is 0 Å². The van der Waals surface area contributed by atoms with E-state index < -0.39 is 11.3 Å². The summed E-state index contributed by atoms with van der Waals surface area (Å²) >= 11 is 0. The minimum Gasteiger partial charge on any atom is -0.502 e. The third-order valence-corrected chi connectivity index (χ3v) is 6.87. The highest BCUT2D eigenvalue weighted by molar-refractivity contribution is 5.44. The fourth-order valence-electron chi connectivity index (χ4n) is 4.92. The molecule has 0 saturated carbocycles. The van der Waals surface area contributed by atoms with Gasteiger partial charge in [0.25, 0.3) is 5.56 Å². The van der Waals surface area contributed by atoms with Crippen LogP contribution in [0.15, 0.2) is 59.7 Å². The van der Waals surface area contributed by atoms with Crippen LogP contribution >= 0.6 is 0 Å². The van der Waals surface area contributed by atoms with E-state index in [1.165, 1.54) is 24.7 Å². The average molecular weight is 472 g/mol. The maximum absolute atomic E-state index is 11.6. The van der Waals surface area contributed by atoms with Crippen molar-refractivity contribution in [3.8, 4) is 17.6 Å². The molecule has 2 fully saturated rings. The predicted molar refractivity (Wildman–Crippen MR) is 132 cm³/mol. The van der Waals surface area contributed by atoms with E-state index in [2.05, 4.69) is 51.0 Å². The summed E-state index contributed by atoms with van der Waals surface area (Å²) in [5.41, 5.74) is 3.81. The molecule has 3 N–H and O–H groups in total. The largest absolute Gasteiger partial charge is 0.502 e. The van der Waals surface area contributed by atoms with Gasteiger partial charge in [-0.2, -0.15) is 0 Å². The van der Waals surface area contributed by atoms with E-state index in [-0.39, 0.29) is 30.2 Å². The molecule has 0 bridgehead atoms. The van der Waals surface area contributed by atoms with Gasteiger partial charge in [-0.05, 0) is 48.2 Å². The number of ether oxygens (including phenoxy) is 1. The molecule has 2 aliphatic heterocycles. The number of aromatic nitrogens is 2. The van der Waals surface area contributed by atoms with Gasteiger partial charge in [-0.15, -0.1) is 0 Å². The second-order valence-electron chi connectivity index (χ2n) is 9.46. The normalized spacial score (nSPS) is 17.5. The van der Waals surface area contributed by atoms with Gasteiger partial charge in [0.15, 0.2) is 0 Å². The fourth-order valence-corrected chi connectivity index (χ4v) is 4.92. The predicted octanol–water partition coefficient (Wildman–Crippen LogP) is 2.56. The van der Waals surface area contributed by atoms with Gasteiger partial charge in [-0.3, -0.25) is 9.69 Å². The van der Waals surface area contributed by atoms with Gasteiger partial charge in [0.05, 0.1) is 24.2 Å². The molecule has 7 nitrogen and oxygen atoms in total. The Morgan fingerprint density at radius 3 is 2.40 bits per heavy atom. The summed E-state index contributed by atoms with van der Waals surface area (Å²) < 4.78 is 5.90. The highest BCUT2D eigenvalue weighted by Gasteiger charge is 2.45. The molecule has 2 saturated heterocycles. The number of aromatic amines is 1. The Kier molecular flexibility index (Phi) is 6.69. The fraction of sp³-hybridized carbons (Fsp3) is 0.357. The second kappa shape index (κ2) is 10.0. The van der Waals surface area contributed by atoms with Crippen LogP contribution in [0.3, 0.4) is 0 Å². The van der Waals surface area contributed by atoms with Gasteiger partial charge in [0.2, 0.25) is 5.75 Å². The number of nitrogens with zero attached hydrogens (tertiary/aromatic N) is 2. The summed E-state index contributed by atoms with van der Waals surface area (Å²) in [6.07, 6.45) is 3.89. The van der Waals surface area contributed by atoms with E-state index >= 15 is 0 Å². The highest BCUT2D eigenvalue weighted by Crippen LogP contribution is 2.35. The molecule has 1 atom stereocenters. The molecule has 7 heteroatoms. The first kappa shape index (κ1) is 23.3. The monoisotopic (exact) mass is 471 g/mol. The number of aliphatic hydroxyl groups excluding tert-OH is 1. The maximum Gasteiger partial charge on any atom is 0.293 e. The summed E-state index contributed by atoms with van der Waals surface area (Å²) in [6, 6.07) is 16.0. The summed E-state index contributed by atoms with van der Waals surface area (Å²) in [5.74, 6) is 5.71. The first-order valence-corrected chi connectivity index (χ1v) is 12.0. The van der Waals surface area contributed by atoms with Crippen molar-refractivity contribution >= 4 is 0 Å². The molecule has 0 aliphatic carbocycles. The van der Waals surface area contributed by atoms with Crippen LogP contribution in [0.25, 0.3) is 0 Å². The van der Waals surface area contributed by atoms with Crippen LogP contribution in [-0.2, 0) is 17.7 Å². The number of H-pyrrole nitrogens is 1. The van der Waals surface area contributed by atoms with Gasteiger partial charge >= 0.3 is 0 Å². The Labute approximate surface area is 204 Å². The zero-order chi connectivity index (χ0) is 24.3. The summed E-state index contributed by atoms with van der Waals surface area (Å²) in [6.45, 7) is 3.78. The van der Waals surface area contributed by atoms with Crippen molar-refractivity contribution in [2.75, 3.05) is 26.3 Å². The topological polar surface area (TPSA) is 98.7 Å². The Bertz CT molecular complexity index is 1270. The van der Waals surface area contributed by atoms with E-state index in [1.807, 2.05) is 24.3 Å². The Morgan fingerprint density at radius 2 is 1.77 bits per heavy atom. The lowest BCUT2D eigenvalue weighted by molar-refractivity contribution is -0.114. The first-order chi connectivity index (χ1) is 17.0. The second-order valence-corrected chi connectivity index (χ2v) is 9.46. The molecular formula is C28H29N3O4. The Hall–Kier alpha value is -3.44. The maximum atomic E-state index is 11.6. The third-order valence-electron chi connectivity index (χ3n) is 6.87. The minimum atomic E-state index is -0.585. The van der Waals surface area contributed by atoms with Crippen LogP contribution in [0.1, 0.15) is 46.7 Å². The Morgan fingerprint density at radius 1 is 1.09 bits per heavy atom. The molecule has 1 aromatic heterocycles. The van der Waals surface area contributed by atoms with Crippen molar-refractivity contribution in [2.45, 2.75) is 37.3 Å². The van der Waals surface area contributed by atoms with E-state index in [1.54, 1.807) is 0 Å². The molecule has 2 aliphatic rings. The molecule has 180 valence electrons. The van der Waals surface area contributed by atoms with Gasteiger partial charge in [-0.1, -0.05) is 36.1 Å². The van der Waals surface area contributed by atoms with Gasteiger partial charge in [0, 0.05) is 49.7 Å². The number of aromatic hydroxyl groups is 1. The number of rotatable bonds is 6. The summed E-state index contributed by atoms with van der Waals surface area (Å²) in [4.78, 5) is 20.4. The summed E-state index contributed by atoms with van der Waals surface area (Å²) in [7, 11) is 0. The van der Waals surface area contributed by atoms with Gasteiger partial charge < -0.3 is 19.9 Å². The SMILES string of the molecule is O=c1[nH]cnc(CC(CO)c2ccc(C#Cc3ccc(CN4CC5(CCCO5)C4)cc3)cc2)c1O.